The summed E-state index contributed by atoms with van der Waals surface area (Å²) in [6.45, 7) is 10.4. The summed E-state index contributed by atoms with van der Waals surface area (Å²) in [6.07, 6.45) is 3.74. The van der Waals surface area contributed by atoms with E-state index in [4.69, 9.17) is 10.3 Å². The third-order valence-electron chi connectivity index (χ3n) is 6.06. The molecule has 0 saturated carbocycles. The van der Waals surface area contributed by atoms with E-state index < -0.39 is 17.0 Å². The van der Waals surface area contributed by atoms with Crippen LogP contribution in [0, 0.1) is 28.9 Å². The van der Waals surface area contributed by atoms with Gasteiger partial charge >= 0.3 is 0 Å². The van der Waals surface area contributed by atoms with E-state index in [-0.39, 0.29) is 5.92 Å². The number of halogens is 2. The molecule has 2 rings (SSSR count). The fourth-order valence-corrected chi connectivity index (χ4v) is 5.05. The number of nitrogens with zero attached hydrogens (tertiary/aromatic N) is 4. The van der Waals surface area contributed by atoms with Gasteiger partial charge in [-0.15, -0.1) is 11.8 Å². The summed E-state index contributed by atoms with van der Waals surface area (Å²) >= 11 is 1.63. The molecule has 0 aliphatic heterocycles. The zero-order valence-electron chi connectivity index (χ0n) is 20.6. The number of thioether (sulfide) groups is 1. The predicted molar refractivity (Wildman–Crippen MR) is 143 cm³/mol. The molecule has 2 aromatic carbocycles. The first kappa shape index (κ1) is 28.2. The minimum atomic E-state index is -0.724. The average molecular weight is 498 g/mol. The van der Waals surface area contributed by atoms with Crippen LogP contribution in [-0.2, 0) is 12.0 Å². The average Bonchev–Trinajstić information content (AvgIpc) is 2.86. The first-order valence-corrected chi connectivity index (χ1v) is 12.7. The second-order valence-corrected chi connectivity index (χ2v) is 9.55. The lowest BCUT2D eigenvalue weighted by Gasteiger charge is -2.40. The topological polar surface area (TPSA) is 72.9 Å². The van der Waals surface area contributed by atoms with Crippen molar-refractivity contribution in [3.8, 4) is 6.07 Å². The molecule has 5 nitrogen and oxygen atoms in total. The molecule has 0 bridgehead atoms. The minimum absolute atomic E-state index is 0.184. The fraction of sp³-hybridized carbons (Fsp3) is 0.407. The Kier molecular flexibility index (Phi) is 11.6. The minimum Gasteiger partial charge on any atom is -0.308 e. The highest BCUT2D eigenvalue weighted by Crippen LogP contribution is 2.41. The van der Waals surface area contributed by atoms with Gasteiger partial charge in [0.2, 0.25) is 0 Å². The summed E-state index contributed by atoms with van der Waals surface area (Å²) in [5, 5.41) is 14.0. The van der Waals surface area contributed by atoms with E-state index in [1.807, 2.05) is 12.1 Å². The van der Waals surface area contributed by atoms with Crippen molar-refractivity contribution in [2.75, 3.05) is 12.3 Å². The normalized spacial score (nSPS) is 14.3. The van der Waals surface area contributed by atoms with Gasteiger partial charge in [-0.2, -0.15) is 10.4 Å². The molecule has 0 spiro atoms. The Morgan fingerprint density at radius 1 is 1.23 bits per heavy atom. The van der Waals surface area contributed by atoms with E-state index in [9.17, 15) is 4.39 Å². The lowest BCUT2D eigenvalue weighted by atomic mass is 9.67. The van der Waals surface area contributed by atoms with Crippen molar-refractivity contribution < 1.29 is 8.78 Å². The summed E-state index contributed by atoms with van der Waals surface area (Å²) in [7, 11) is 0. The van der Waals surface area contributed by atoms with Crippen molar-refractivity contribution in [2.45, 2.75) is 52.0 Å². The molecule has 2 aromatic rings. The second kappa shape index (κ2) is 14.4. The van der Waals surface area contributed by atoms with E-state index in [0.717, 1.165) is 35.3 Å². The monoisotopic (exact) mass is 497 g/mol. The summed E-state index contributed by atoms with van der Waals surface area (Å²) < 4.78 is 29.1. The first-order valence-electron chi connectivity index (χ1n) is 11.7. The molecule has 0 unspecified atom stereocenters. The number of nitriles is 1. The largest absolute Gasteiger partial charge is 0.308 e. The van der Waals surface area contributed by atoms with Gasteiger partial charge in [0.25, 0.3) is 0 Å². The van der Waals surface area contributed by atoms with Gasteiger partial charge in [-0.3, -0.25) is 9.98 Å². The third kappa shape index (κ3) is 7.72. The van der Waals surface area contributed by atoms with Crippen molar-refractivity contribution in [2.24, 2.45) is 21.0 Å². The smallest absolute Gasteiger partial charge is 0.134 e. The van der Waals surface area contributed by atoms with Gasteiger partial charge in [0.1, 0.15) is 18.0 Å². The van der Waals surface area contributed by atoms with Gasteiger partial charge in [-0.05, 0) is 48.2 Å². The lowest BCUT2D eigenvalue weighted by molar-refractivity contribution is 0.293. The van der Waals surface area contributed by atoms with E-state index in [0.29, 0.717) is 30.6 Å². The van der Waals surface area contributed by atoms with Crippen LogP contribution in [0.25, 0.3) is 0 Å². The molecule has 0 heterocycles. The fourth-order valence-electron chi connectivity index (χ4n) is 4.12. The van der Waals surface area contributed by atoms with Crippen LogP contribution in [0.1, 0.15) is 56.7 Å². The van der Waals surface area contributed by atoms with Gasteiger partial charge < -0.3 is 5.43 Å². The van der Waals surface area contributed by atoms with Gasteiger partial charge in [0, 0.05) is 23.9 Å². The predicted octanol–water partition coefficient (Wildman–Crippen LogP) is 6.49. The van der Waals surface area contributed by atoms with Crippen LogP contribution < -0.4 is 5.43 Å². The Bertz CT molecular complexity index is 1060. The van der Waals surface area contributed by atoms with Crippen molar-refractivity contribution in [1.82, 2.24) is 5.43 Å². The van der Waals surface area contributed by atoms with Gasteiger partial charge in [0.05, 0.1) is 23.2 Å². The number of unbranched alkanes of at least 4 members (excludes halogenated alkanes) is 1. The summed E-state index contributed by atoms with van der Waals surface area (Å²) in [6, 6.07) is 13.2. The van der Waals surface area contributed by atoms with Crippen molar-refractivity contribution in [1.29, 1.82) is 5.26 Å². The highest BCUT2D eigenvalue weighted by molar-refractivity contribution is 8.13. The summed E-state index contributed by atoms with van der Waals surface area (Å²) in [5.41, 5.74) is 4.32. The van der Waals surface area contributed by atoms with Crippen LogP contribution in [0.15, 0.2) is 57.6 Å². The molecule has 1 N–H and O–H groups in total. The maximum atomic E-state index is 15.3. The molecular formula is C27H33F2N5S. The molecule has 0 saturated heterocycles. The Balaban J connectivity index is 2.55. The molecule has 8 heteroatoms. The Hall–Kier alpha value is -3.05. The van der Waals surface area contributed by atoms with E-state index in [2.05, 4.69) is 49.1 Å². The molecule has 35 heavy (non-hydrogen) atoms. The zero-order chi connectivity index (χ0) is 25.7. The molecule has 0 amide bonds. The molecule has 0 fully saturated rings. The van der Waals surface area contributed by atoms with Crippen molar-refractivity contribution in [3.63, 3.8) is 0 Å². The highest BCUT2D eigenvalue weighted by atomic mass is 32.2. The zero-order valence-corrected chi connectivity index (χ0v) is 21.4. The maximum absolute atomic E-state index is 15.3. The van der Waals surface area contributed by atoms with Crippen LogP contribution in [0.5, 0.6) is 0 Å². The number of rotatable bonds is 13. The molecule has 2 atom stereocenters. The summed E-state index contributed by atoms with van der Waals surface area (Å²) in [5.74, 6) is -0.564. The van der Waals surface area contributed by atoms with E-state index >= 15 is 4.39 Å². The standard InChI is InChI=1S/C27H33F2N5S/c1-5-7-14-27(18-33-34-19-31-4,24-13-12-23(28)15-25(24)29)20(3)26(35-6-2)32-17-22-10-8-21(16-30)9-11-22/h8-13,15,19-20,33H,4-7,14,17-18H2,1-3H3/b32-26?,34-19-/t20-,27-/m0/s1. The molecule has 0 aliphatic rings. The molecule has 0 radical (unpaired) electrons. The molecule has 0 aliphatic carbocycles. The number of nitrogens with one attached hydrogen (secondary N) is 1. The van der Waals surface area contributed by atoms with Gasteiger partial charge in [-0.1, -0.05) is 51.8 Å². The number of hydrogen-bond donors (Lipinski definition) is 1. The Labute approximate surface area is 211 Å². The Morgan fingerprint density at radius 3 is 2.57 bits per heavy atom. The van der Waals surface area contributed by atoms with E-state index in [1.54, 1.807) is 30.0 Å². The Morgan fingerprint density at radius 2 is 1.97 bits per heavy atom. The first-order chi connectivity index (χ1) is 16.9. The quantitative estimate of drug-likeness (QED) is 0.195. The van der Waals surface area contributed by atoms with Crippen molar-refractivity contribution in [3.05, 3.63) is 70.8 Å². The SMILES string of the molecule is C=N/C=N\NC[C@](CCCC)(c1ccc(F)cc1F)[C@@H](C)C(=NCc1ccc(C#N)cc1)SCC. The van der Waals surface area contributed by atoms with Crippen LogP contribution in [0.3, 0.4) is 0 Å². The lowest BCUT2D eigenvalue weighted by Crippen LogP contribution is -2.45. The number of aliphatic imine (C=N–C) groups is 2. The van der Waals surface area contributed by atoms with E-state index in [1.165, 1.54) is 12.4 Å². The highest BCUT2D eigenvalue weighted by Gasteiger charge is 2.42. The number of hydrogen-bond acceptors (Lipinski definition) is 5. The molecular weight excluding hydrogens is 464 g/mol. The summed E-state index contributed by atoms with van der Waals surface area (Å²) in [4.78, 5) is 8.56. The number of benzene rings is 2. The van der Waals surface area contributed by atoms with Gasteiger partial charge in [-0.25, -0.2) is 8.78 Å². The van der Waals surface area contributed by atoms with Crippen LogP contribution in [0.2, 0.25) is 0 Å². The van der Waals surface area contributed by atoms with Gasteiger partial charge in [0.15, 0.2) is 0 Å². The van der Waals surface area contributed by atoms with Crippen LogP contribution in [-0.4, -0.2) is 30.4 Å². The third-order valence-corrected chi connectivity index (χ3v) is 7.13. The van der Waals surface area contributed by atoms with Crippen LogP contribution in [0.4, 0.5) is 8.78 Å². The second-order valence-electron chi connectivity index (χ2n) is 8.26. The van der Waals surface area contributed by atoms with Crippen molar-refractivity contribution >= 4 is 29.9 Å². The number of hydrazone groups is 1. The molecule has 0 aromatic heterocycles. The molecule has 186 valence electrons. The van der Waals surface area contributed by atoms with Crippen LogP contribution >= 0.6 is 11.8 Å². The maximum Gasteiger partial charge on any atom is 0.134 e.